The van der Waals surface area contributed by atoms with Crippen LogP contribution in [0.5, 0.6) is 11.5 Å². The van der Waals surface area contributed by atoms with E-state index in [1.807, 2.05) is 0 Å². The first-order chi connectivity index (χ1) is 17.2. The number of amides is 2. The fraction of sp³-hybridized carbons (Fsp3) is 0.400. The molecule has 5 N–H and O–H groups in total. The summed E-state index contributed by atoms with van der Waals surface area (Å²) in [4.78, 5) is 35.9. The lowest BCUT2D eigenvalue weighted by Crippen LogP contribution is -2.49. The monoisotopic (exact) mass is 521 g/mol. The summed E-state index contributed by atoms with van der Waals surface area (Å²) < 4.78 is 15.5. The Hall–Kier alpha value is -3.50. The van der Waals surface area contributed by atoms with Crippen molar-refractivity contribution in [3.8, 4) is 11.5 Å². The Morgan fingerprint density at radius 2 is 1.78 bits per heavy atom. The molecule has 11 heteroatoms. The zero-order valence-corrected chi connectivity index (χ0v) is 21.0. The Kier molecular flexibility index (Phi) is 11.8. The van der Waals surface area contributed by atoms with Crippen LogP contribution in [0.1, 0.15) is 30.4 Å². The molecule has 10 nitrogen and oxygen atoms in total. The van der Waals surface area contributed by atoms with Crippen LogP contribution in [-0.2, 0) is 27.4 Å². The predicted octanol–water partition coefficient (Wildman–Crippen LogP) is 2.89. The molecule has 2 aromatic rings. The maximum absolute atomic E-state index is 12.4. The summed E-state index contributed by atoms with van der Waals surface area (Å²) in [5, 5.41) is 15.2. The molecule has 0 heterocycles. The summed E-state index contributed by atoms with van der Waals surface area (Å²) in [5.74, 6) is -0.758. The highest BCUT2D eigenvalue weighted by atomic mass is 35.5. The van der Waals surface area contributed by atoms with E-state index in [0.717, 1.165) is 0 Å². The van der Waals surface area contributed by atoms with E-state index in [1.54, 1.807) is 42.5 Å². The second-order valence-corrected chi connectivity index (χ2v) is 8.40. The smallest absolute Gasteiger partial charge is 0.407 e. The lowest BCUT2D eigenvalue weighted by atomic mass is 10.0. The van der Waals surface area contributed by atoms with Crippen LogP contribution in [0.2, 0.25) is 5.02 Å². The fourth-order valence-electron chi connectivity index (χ4n) is 3.34. The maximum Gasteiger partial charge on any atom is 0.407 e. The number of hydrogen-bond acceptors (Lipinski definition) is 7. The molecule has 0 fully saturated rings. The van der Waals surface area contributed by atoms with Crippen molar-refractivity contribution < 1.29 is 33.7 Å². The molecule has 2 aromatic carbocycles. The summed E-state index contributed by atoms with van der Waals surface area (Å²) in [6.07, 6.45) is 0.916. The number of halogens is 1. The van der Waals surface area contributed by atoms with Crippen molar-refractivity contribution in [2.45, 2.75) is 44.4 Å². The summed E-state index contributed by atoms with van der Waals surface area (Å²) >= 11 is 6.02. The lowest BCUT2D eigenvalue weighted by Gasteiger charge is -2.18. The third-order valence-electron chi connectivity index (χ3n) is 5.37. The van der Waals surface area contributed by atoms with Crippen LogP contribution in [0, 0.1) is 0 Å². The van der Waals surface area contributed by atoms with Gasteiger partial charge in [0, 0.05) is 23.6 Å². The highest BCUT2D eigenvalue weighted by Crippen LogP contribution is 2.28. The van der Waals surface area contributed by atoms with Gasteiger partial charge in [-0.05, 0) is 43.0 Å². The number of hydrogen-bond donors (Lipinski definition) is 4. The van der Waals surface area contributed by atoms with E-state index in [4.69, 9.17) is 31.5 Å². The van der Waals surface area contributed by atoms with Crippen LogP contribution in [0.25, 0.3) is 0 Å². The summed E-state index contributed by atoms with van der Waals surface area (Å²) in [7, 11) is 2.99. The van der Waals surface area contributed by atoms with Gasteiger partial charge in [0.15, 0.2) is 11.5 Å². The third kappa shape index (κ3) is 9.27. The van der Waals surface area contributed by atoms with Crippen LogP contribution in [0.15, 0.2) is 42.5 Å². The molecule has 36 heavy (non-hydrogen) atoms. The normalized spacial score (nSPS) is 12.2. The van der Waals surface area contributed by atoms with Crippen molar-refractivity contribution in [1.82, 2.24) is 10.6 Å². The van der Waals surface area contributed by atoms with Crippen LogP contribution in [0.4, 0.5) is 4.79 Å². The van der Waals surface area contributed by atoms with Gasteiger partial charge in [-0.15, -0.1) is 0 Å². The molecule has 0 aromatic heterocycles. The number of nitrogens with one attached hydrogen (secondary N) is 2. The molecular formula is C25H32ClN3O7. The molecule has 2 rings (SSSR count). The minimum atomic E-state index is -1.18. The van der Waals surface area contributed by atoms with Crippen LogP contribution in [-0.4, -0.2) is 55.9 Å². The summed E-state index contributed by atoms with van der Waals surface area (Å²) in [6, 6.07) is 10.1. The highest BCUT2D eigenvalue weighted by Gasteiger charge is 2.24. The highest BCUT2D eigenvalue weighted by molar-refractivity contribution is 6.31. The largest absolute Gasteiger partial charge is 0.493 e. The Balaban J connectivity index is 1.72. The molecule has 0 saturated carbocycles. The zero-order chi connectivity index (χ0) is 26.5. The maximum atomic E-state index is 12.4. The Labute approximate surface area is 215 Å². The van der Waals surface area contributed by atoms with E-state index in [1.165, 1.54) is 14.2 Å². The van der Waals surface area contributed by atoms with E-state index in [0.29, 0.717) is 53.5 Å². The molecule has 2 amide bonds. The van der Waals surface area contributed by atoms with Gasteiger partial charge in [0.2, 0.25) is 5.91 Å². The number of carboxylic acids is 1. The number of aliphatic carboxylic acids is 1. The molecule has 0 aliphatic rings. The van der Waals surface area contributed by atoms with Gasteiger partial charge in [0.05, 0.1) is 20.3 Å². The van der Waals surface area contributed by atoms with E-state index in [2.05, 4.69) is 10.6 Å². The molecule has 0 spiro atoms. The van der Waals surface area contributed by atoms with E-state index < -0.39 is 30.1 Å². The number of methoxy groups -OCH3 is 2. The third-order valence-corrected chi connectivity index (χ3v) is 5.74. The summed E-state index contributed by atoms with van der Waals surface area (Å²) in [5.41, 5.74) is 7.30. The zero-order valence-electron chi connectivity index (χ0n) is 20.3. The number of carboxylic acid groups (broad SMARTS) is 1. The fourth-order valence-corrected chi connectivity index (χ4v) is 3.53. The first kappa shape index (κ1) is 28.7. The molecule has 0 radical (unpaired) electrons. The number of carbonyl (C=O) groups excluding carboxylic acids is 2. The van der Waals surface area contributed by atoms with Gasteiger partial charge in [-0.25, -0.2) is 9.59 Å². The quantitative estimate of drug-likeness (QED) is 0.277. The van der Waals surface area contributed by atoms with Crippen LogP contribution in [0.3, 0.4) is 0 Å². The number of ether oxygens (including phenoxy) is 3. The van der Waals surface area contributed by atoms with Gasteiger partial charge in [-0.3, -0.25) is 4.79 Å². The van der Waals surface area contributed by atoms with E-state index in [-0.39, 0.29) is 13.0 Å². The van der Waals surface area contributed by atoms with Gasteiger partial charge in [0.25, 0.3) is 0 Å². The second kappa shape index (κ2) is 14.8. The van der Waals surface area contributed by atoms with E-state index >= 15 is 0 Å². The predicted molar refractivity (Wildman–Crippen MR) is 134 cm³/mol. The molecule has 2 atom stereocenters. The van der Waals surface area contributed by atoms with Crippen molar-refractivity contribution in [2.24, 2.45) is 5.73 Å². The number of nitrogens with two attached hydrogens (primary N) is 1. The summed E-state index contributed by atoms with van der Waals surface area (Å²) in [6.45, 7) is 0.400. The first-order valence-electron chi connectivity index (χ1n) is 11.4. The average molecular weight is 522 g/mol. The molecule has 0 bridgehead atoms. The van der Waals surface area contributed by atoms with Gasteiger partial charge in [-0.2, -0.15) is 0 Å². The number of rotatable bonds is 14. The number of carbonyl (C=O) groups is 3. The molecule has 0 saturated heterocycles. The minimum Gasteiger partial charge on any atom is -0.493 e. The average Bonchev–Trinajstić information content (AvgIpc) is 2.87. The SMILES string of the molecule is COc1ccc(C[C@H](NC(=O)[C@@H](N)CCCCNC(=O)OCc2ccccc2Cl)C(=O)O)cc1OC. The van der Waals surface area contributed by atoms with Crippen LogP contribution >= 0.6 is 11.6 Å². The number of unbranched alkanes of at least 4 members (excludes halogenated alkanes) is 1. The number of alkyl carbamates (subject to hydrolysis) is 1. The van der Waals surface area contributed by atoms with E-state index in [9.17, 15) is 19.5 Å². The molecule has 0 unspecified atom stereocenters. The Morgan fingerprint density at radius 3 is 2.44 bits per heavy atom. The van der Waals surface area contributed by atoms with Gasteiger partial charge < -0.3 is 35.7 Å². The molecule has 0 aliphatic carbocycles. The van der Waals surface area contributed by atoms with Crippen molar-refractivity contribution in [2.75, 3.05) is 20.8 Å². The van der Waals surface area contributed by atoms with Crippen molar-refractivity contribution in [1.29, 1.82) is 0 Å². The Bertz CT molecular complexity index is 1030. The van der Waals surface area contributed by atoms with Crippen LogP contribution < -0.4 is 25.8 Å². The molecular weight excluding hydrogens is 490 g/mol. The molecule has 196 valence electrons. The lowest BCUT2D eigenvalue weighted by molar-refractivity contribution is -0.142. The molecule has 0 aliphatic heterocycles. The van der Waals surface area contributed by atoms with Crippen molar-refractivity contribution in [3.63, 3.8) is 0 Å². The van der Waals surface area contributed by atoms with Gasteiger partial charge in [0.1, 0.15) is 12.6 Å². The van der Waals surface area contributed by atoms with Crippen molar-refractivity contribution in [3.05, 3.63) is 58.6 Å². The minimum absolute atomic E-state index is 0.0500. The van der Waals surface area contributed by atoms with Gasteiger partial charge in [-0.1, -0.05) is 35.9 Å². The Morgan fingerprint density at radius 1 is 1.06 bits per heavy atom. The number of benzene rings is 2. The second-order valence-electron chi connectivity index (χ2n) is 7.99. The van der Waals surface area contributed by atoms with Gasteiger partial charge >= 0.3 is 12.1 Å². The standard InChI is InChI=1S/C25H32ClN3O7/c1-34-21-11-10-16(14-22(21)35-2)13-20(24(31)32)29-23(30)19(27)9-5-6-12-28-25(33)36-15-17-7-3-4-8-18(17)26/h3-4,7-8,10-11,14,19-20H,5-6,9,12-13,15,27H2,1-2H3,(H,28,33)(H,29,30)(H,31,32)/t19-,20-/m0/s1. The van der Waals surface area contributed by atoms with Crippen molar-refractivity contribution >= 4 is 29.6 Å². The topological polar surface area (TPSA) is 149 Å². The first-order valence-corrected chi connectivity index (χ1v) is 11.8.